The van der Waals surface area contributed by atoms with Crippen LogP contribution >= 0.6 is 22.9 Å². The minimum Gasteiger partial charge on any atom is -0.410 e. The minimum absolute atomic E-state index is 0.222. The van der Waals surface area contributed by atoms with Gasteiger partial charge >= 0.3 is 6.09 Å². The van der Waals surface area contributed by atoms with Gasteiger partial charge in [0.15, 0.2) is 10.3 Å². The number of aromatic amines is 1. The van der Waals surface area contributed by atoms with E-state index in [1.165, 1.54) is 11.3 Å². The van der Waals surface area contributed by atoms with E-state index in [1.54, 1.807) is 11.0 Å². The standard InChI is InChI=1S/C20H19ClN4O3S/c1-11-4-2-5-12(10-11)28-19(27)25-9-3-6-13(25)16-22-14-15(26)23-18(20(21)7-8-20)24-17(14)29-16/h2,4-5,10,13H,3,6-9H2,1H3,(H,23,24,26)/t13-/m1/s1. The van der Waals surface area contributed by atoms with Crippen molar-refractivity contribution >= 4 is 39.4 Å². The average molecular weight is 431 g/mol. The normalized spacial score (nSPS) is 20.2. The Morgan fingerprint density at radius 3 is 2.97 bits per heavy atom. The molecule has 1 saturated carbocycles. The number of benzene rings is 1. The molecule has 1 aliphatic heterocycles. The van der Waals surface area contributed by atoms with Gasteiger partial charge in [-0.2, -0.15) is 0 Å². The fourth-order valence-electron chi connectivity index (χ4n) is 3.63. The number of nitrogens with zero attached hydrogens (tertiary/aromatic N) is 3. The lowest BCUT2D eigenvalue weighted by Crippen LogP contribution is -2.33. The molecule has 1 atom stereocenters. The zero-order valence-electron chi connectivity index (χ0n) is 15.8. The fraction of sp³-hybridized carbons (Fsp3) is 0.400. The highest BCUT2D eigenvalue weighted by Gasteiger charge is 2.45. The van der Waals surface area contributed by atoms with Gasteiger partial charge in [-0.15, -0.1) is 11.6 Å². The van der Waals surface area contributed by atoms with Crippen LogP contribution < -0.4 is 10.3 Å². The number of ether oxygens (including phenoxy) is 1. The molecule has 0 spiro atoms. The number of alkyl halides is 1. The Hall–Kier alpha value is -2.45. The summed E-state index contributed by atoms with van der Waals surface area (Å²) in [6.45, 7) is 2.54. The van der Waals surface area contributed by atoms with Crippen molar-refractivity contribution in [2.45, 2.75) is 43.5 Å². The summed E-state index contributed by atoms with van der Waals surface area (Å²) in [6, 6.07) is 7.17. The van der Waals surface area contributed by atoms with Crippen LogP contribution in [-0.2, 0) is 4.87 Å². The summed E-state index contributed by atoms with van der Waals surface area (Å²) >= 11 is 7.76. The summed E-state index contributed by atoms with van der Waals surface area (Å²) in [5.41, 5.74) is 1.04. The zero-order chi connectivity index (χ0) is 20.2. The first-order valence-corrected chi connectivity index (χ1v) is 10.8. The van der Waals surface area contributed by atoms with Gasteiger partial charge in [0.2, 0.25) is 0 Å². The van der Waals surface area contributed by atoms with Crippen LogP contribution in [-0.4, -0.2) is 32.5 Å². The van der Waals surface area contributed by atoms with Crippen LogP contribution in [0.5, 0.6) is 5.75 Å². The molecule has 1 N–H and O–H groups in total. The summed E-state index contributed by atoms with van der Waals surface area (Å²) in [5.74, 6) is 1.03. The number of fused-ring (bicyclic) bond motifs is 1. The van der Waals surface area contributed by atoms with E-state index in [1.807, 2.05) is 25.1 Å². The number of amides is 1. The summed E-state index contributed by atoms with van der Waals surface area (Å²) in [4.78, 5) is 38.8. The van der Waals surface area contributed by atoms with Crippen LogP contribution in [0.1, 0.15) is 48.1 Å². The highest BCUT2D eigenvalue weighted by atomic mass is 35.5. The Morgan fingerprint density at radius 2 is 2.21 bits per heavy atom. The first-order valence-electron chi connectivity index (χ1n) is 9.58. The van der Waals surface area contributed by atoms with Crippen molar-refractivity contribution in [3.8, 4) is 5.75 Å². The number of nitrogens with one attached hydrogen (secondary N) is 1. The van der Waals surface area contributed by atoms with Gasteiger partial charge < -0.3 is 9.72 Å². The molecule has 5 rings (SSSR count). The van der Waals surface area contributed by atoms with Crippen LogP contribution in [0.4, 0.5) is 4.79 Å². The van der Waals surface area contributed by atoms with Crippen LogP contribution in [0.25, 0.3) is 10.3 Å². The van der Waals surface area contributed by atoms with Crippen molar-refractivity contribution in [3.63, 3.8) is 0 Å². The number of aryl methyl sites for hydroxylation is 1. The van der Waals surface area contributed by atoms with Gasteiger partial charge in [-0.1, -0.05) is 23.5 Å². The third kappa shape index (κ3) is 3.40. The van der Waals surface area contributed by atoms with Crippen molar-refractivity contribution < 1.29 is 9.53 Å². The van der Waals surface area contributed by atoms with E-state index in [0.717, 1.165) is 31.2 Å². The largest absolute Gasteiger partial charge is 0.415 e. The highest BCUT2D eigenvalue weighted by Crippen LogP contribution is 2.50. The predicted molar refractivity (Wildman–Crippen MR) is 111 cm³/mol. The third-order valence-corrected chi connectivity index (χ3v) is 6.97. The smallest absolute Gasteiger partial charge is 0.410 e. The maximum absolute atomic E-state index is 12.8. The molecule has 2 aliphatic rings. The summed E-state index contributed by atoms with van der Waals surface area (Å²) in [7, 11) is 0. The molecule has 2 fully saturated rings. The van der Waals surface area contributed by atoms with E-state index < -0.39 is 11.0 Å². The lowest BCUT2D eigenvalue weighted by Gasteiger charge is -2.22. The molecule has 7 nitrogen and oxygen atoms in total. The minimum atomic E-state index is -0.547. The van der Waals surface area contributed by atoms with E-state index in [-0.39, 0.29) is 11.6 Å². The molecule has 0 bridgehead atoms. The van der Waals surface area contributed by atoms with Crippen molar-refractivity contribution in [2.24, 2.45) is 0 Å². The topological polar surface area (TPSA) is 88.2 Å². The van der Waals surface area contributed by atoms with Gasteiger partial charge in [-0.05, 0) is 50.3 Å². The van der Waals surface area contributed by atoms with Crippen molar-refractivity contribution in [2.75, 3.05) is 6.54 Å². The molecular weight excluding hydrogens is 412 g/mol. The Balaban J connectivity index is 1.43. The number of hydrogen-bond acceptors (Lipinski definition) is 6. The molecule has 150 valence electrons. The number of H-pyrrole nitrogens is 1. The Bertz CT molecular complexity index is 1170. The molecular formula is C20H19ClN4O3S. The molecule has 1 aromatic carbocycles. The monoisotopic (exact) mass is 430 g/mol. The van der Waals surface area contributed by atoms with Crippen LogP contribution in [0.3, 0.4) is 0 Å². The van der Waals surface area contributed by atoms with Gasteiger partial charge in [-0.3, -0.25) is 9.69 Å². The maximum Gasteiger partial charge on any atom is 0.415 e. The molecule has 29 heavy (non-hydrogen) atoms. The number of carbonyl (C=O) groups is 1. The highest BCUT2D eigenvalue weighted by molar-refractivity contribution is 7.18. The maximum atomic E-state index is 12.8. The fourth-order valence-corrected chi connectivity index (χ4v) is 4.90. The number of aromatic nitrogens is 3. The van der Waals surface area contributed by atoms with Gasteiger partial charge in [0, 0.05) is 6.54 Å². The molecule has 3 aromatic rings. The molecule has 0 unspecified atom stereocenters. The first-order chi connectivity index (χ1) is 13.9. The second-order valence-electron chi connectivity index (χ2n) is 7.62. The number of thiazole rings is 1. The second-order valence-corrected chi connectivity index (χ2v) is 9.35. The van der Waals surface area contributed by atoms with E-state index >= 15 is 0 Å². The predicted octanol–water partition coefficient (Wildman–Crippen LogP) is 4.25. The number of carbonyl (C=O) groups excluding carboxylic acids is 1. The average Bonchev–Trinajstić information content (AvgIpc) is 3.09. The summed E-state index contributed by atoms with van der Waals surface area (Å²) in [5, 5.41) is 0.702. The quantitative estimate of drug-likeness (QED) is 0.627. The summed E-state index contributed by atoms with van der Waals surface area (Å²) < 4.78 is 5.56. The zero-order valence-corrected chi connectivity index (χ0v) is 17.3. The van der Waals surface area contributed by atoms with Gasteiger partial charge in [-0.25, -0.2) is 14.8 Å². The van der Waals surface area contributed by atoms with Crippen molar-refractivity contribution in [1.82, 2.24) is 19.9 Å². The molecule has 2 aromatic heterocycles. The van der Waals surface area contributed by atoms with E-state index in [9.17, 15) is 9.59 Å². The molecule has 9 heteroatoms. The Kier molecular flexibility index (Phi) is 4.36. The number of likely N-dealkylation sites (tertiary alicyclic amines) is 1. The molecule has 1 saturated heterocycles. The van der Waals surface area contributed by atoms with E-state index in [2.05, 4.69) is 15.0 Å². The molecule has 1 amide bonds. The number of hydrogen-bond donors (Lipinski definition) is 1. The van der Waals surface area contributed by atoms with E-state index in [0.29, 0.717) is 33.5 Å². The SMILES string of the molecule is Cc1cccc(OC(=O)N2CCC[C@@H]2c2nc3c(=O)[nH]c(C4(Cl)CC4)nc3s2)c1. The molecule has 0 radical (unpaired) electrons. The lowest BCUT2D eigenvalue weighted by molar-refractivity contribution is 0.147. The summed E-state index contributed by atoms with van der Waals surface area (Å²) in [6.07, 6.45) is 2.82. The molecule has 3 heterocycles. The Labute approximate surface area is 175 Å². The number of rotatable bonds is 3. The number of halogens is 1. The first kappa shape index (κ1) is 18.6. The van der Waals surface area contributed by atoms with E-state index in [4.69, 9.17) is 16.3 Å². The molecule has 1 aliphatic carbocycles. The van der Waals surface area contributed by atoms with Crippen LogP contribution in [0, 0.1) is 6.92 Å². The van der Waals surface area contributed by atoms with Gasteiger partial charge in [0.05, 0.1) is 6.04 Å². The van der Waals surface area contributed by atoms with Crippen LogP contribution in [0.15, 0.2) is 29.1 Å². The van der Waals surface area contributed by atoms with Crippen molar-refractivity contribution in [1.29, 1.82) is 0 Å². The third-order valence-electron chi connectivity index (χ3n) is 5.37. The lowest BCUT2D eigenvalue weighted by atomic mass is 10.2. The van der Waals surface area contributed by atoms with Crippen molar-refractivity contribution in [3.05, 3.63) is 51.0 Å². The van der Waals surface area contributed by atoms with Gasteiger partial charge in [0.1, 0.15) is 21.5 Å². The Morgan fingerprint density at radius 1 is 1.38 bits per heavy atom. The van der Waals surface area contributed by atoms with Gasteiger partial charge in [0.25, 0.3) is 5.56 Å². The second kappa shape index (κ2) is 6.81. The van der Waals surface area contributed by atoms with Crippen LogP contribution in [0.2, 0.25) is 0 Å².